The van der Waals surface area contributed by atoms with Gasteiger partial charge in [0.25, 0.3) is 0 Å². The molecule has 2 aromatic heterocycles. The summed E-state index contributed by atoms with van der Waals surface area (Å²) in [7, 11) is 0. The second-order valence-electron chi connectivity index (χ2n) is 6.78. The summed E-state index contributed by atoms with van der Waals surface area (Å²) in [5, 5.41) is 7.16. The summed E-state index contributed by atoms with van der Waals surface area (Å²) in [4.78, 5) is 11.1. The molecule has 128 valence electrons. The van der Waals surface area contributed by atoms with E-state index in [1.54, 1.807) is 12.4 Å². The van der Waals surface area contributed by atoms with Crippen molar-refractivity contribution < 1.29 is 8.91 Å². The first kappa shape index (κ1) is 15.5. The summed E-state index contributed by atoms with van der Waals surface area (Å²) < 4.78 is 19.0. The van der Waals surface area contributed by atoms with Crippen molar-refractivity contribution in [2.45, 2.75) is 50.9 Å². The second-order valence-corrected chi connectivity index (χ2v) is 6.78. The molecule has 1 aliphatic heterocycles. The maximum Gasteiger partial charge on any atom is 0.138 e. The van der Waals surface area contributed by atoms with Gasteiger partial charge in [0.2, 0.25) is 0 Å². The molecule has 7 heteroatoms. The number of halogens is 1. The fraction of sp³-hybridized carbons (Fsp3) is 0.588. The van der Waals surface area contributed by atoms with Crippen LogP contribution in [0.4, 0.5) is 10.2 Å². The van der Waals surface area contributed by atoms with Crippen LogP contribution >= 0.6 is 0 Å². The van der Waals surface area contributed by atoms with Gasteiger partial charge in [0, 0.05) is 43.4 Å². The Kier molecular flexibility index (Phi) is 4.18. The van der Waals surface area contributed by atoms with Crippen molar-refractivity contribution in [1.82, 2.24) is 20.0 Å². The molecule has 24 heavy (non-hydrogen) atoms. The van der Waals surface area contributed by atoms with Crippen LogP contribution in [-0.2, 0) is 6.54 Å². The highest BCUT2D eigenvalue weighted by atomic mass is 19.1. The van der Waals surface area contributed by atoms with E-state index in [0.717, 1.165) is 23.0 Å². The van der Waals surface area contributed by atoms with Crippen molar-refractivity contribution in [3.63, 3.8) is 0 Å². The number of likely N-dealkylation sites (tertiary alicyclic amines) is 1. The molecule has 0 radical (unpaired) electrons. The van der Waals surface area contributed by atoms with E-state index >= 15 is 0 Å². The zero-order valence-corrected chi connectivity index (χ0v) is 13.8. The summed E-state index contributed by atoms with van der Waals surface area (Å²) in [5.41, 5.74) is 1.02. The van der Waals surface area contributed by atoms with Crippen molar-refractivity contribution in [2.24, 2.45) is 0 Å². The Morgan fingerprint density at radius 2 is 2.29 bits per heavy atom. The van der Waals surface area contributed by atoms with Crippen LogP contribution in [0.1, 0.15) is 42.3 Å². The topological polar surface area (TPSA) is 67.1 Å². The second kappa shape index (κ2) is 6.47. The Morgan fingerprint density at radius 3 is 3.04 bits per heavy atom. The minimum atomic E-state index is -0.788. The molecular weight excluding hydrogens is 309 g/mol. The highest BCUT2D eigenvalue weighted by molar-refractivity contribution is 5.34. The Balaban J connectivity index is 1.38. The van der Waals surface area contributed by atoms with E-state index < -0.39 is 6.17 Å². The van der Waals surface area contributed by atoms with E-state index in [-0.39, 0.29) is 6.04 Å². The van der Waals surface area contributed by atoms with E-state index in [1.807, 2.05) is 13.0 Å². The van der Waals surface area contributed by atoms with Crippen LogP contribution in [0.3, 0.4) is 0 Å². The number of hydrogen-bond donors (Lipinski definition) is 1. The van der Waals surface area contributed by atoms with Crippen molar-refractivity contribution in [3.8, 4) is 0 Å². The van der Waals surface area contributed by atoms with Crippen LogP contribution in [-0.4, -0.2) is 45.3 Å². The lowest BCUT2D eigenvalue weighted by Crippen LogP contribution is -2.34. The molecule has 4 rings (SSSR count). The average Bonchev–Trinajstić information content (AvgIpc) is 3.27. The number of nitrogens with zero attached hydrogens (tertiary/aromatic N) is 4. The number of anilines is 1. The Morgan fingerprint density at radius 1 is 1.42 bits per heavy atom. The highest BCUT2D eigenvalue weighted by Crippen LogP contribution is 2.38. The number of aromatic nitrogens is 3. The van der Waals surface area contributed by atoms with Gasteiger partial charge in [0.1, 0.15) is 23.6 Å². The summed E-state index contributed by atoms with van der Waals surface area (Å²) >= 11 is 0. The lowest BCUT2D eigenvalue weighted by molar-refractivity contribution is 0.240. The maximum atomic E-state index is 13.9. The molecule has 0 spiro atoms. The predicted molar refractivity (Wildman–Crippen MR) is 87.4 cm³/mol. The van der Waals surface area contributed by atoms with Gasteiger partial charge in [-0.3, -0.25) is 4.90 Å². The standard InChI is InChI=1S/C17H22FN5O/c1-11-13(7-21-24-11)9-23-10-14(18)6-15(23)8-20-16-4-5-19-17(22-16)12-2-3-12/h4-5,7,12,14-15H,2-3,6,8-10H2,1H3,(H,19,20,22)/t14-,15-/m0/s1. The molecule has 0 aromatic carbocycles. The number of nitrogens with one attached hydrogen (secondary N) is 1. The molecule has 1 saturated heterocycles. The molecule has 2 atom stereocenters. The van der Waals surface area contributed by atoms with Crippen LogP contribution in [0.5, 0.6) is 0 Å². The van der Waals surface area contributed by atoms with Crippen LogP contribution < -0.4 is 5.32 Å². The normalized spacial score (nSPS) is 24.4. The minimum Gasteiger partial charge on any atom is -0.368 e. The van der Waals surface area contributed by atoms with Crippen LogP contribution in [0.25, 0.3) is 0 Å². The Hall–Kier alpha value is -2.02. The van der Waals surface area contributed by atoms with Crippen LogP contribution in [0.15, 0.2) is 23.0 Å². The average molecular weight is 331 g/mol. The summed E-state index contributed by atoms with van der Waals surface area (Å²) in [6.07, 6.45) is 5.64. The van der Waals surface area contributed by atoms with E-state index in [4.69, 9.17) is 4.52 Å². The number of alkyl halides is 1. The quantitative estimate of drug-likeness (QED) is 0.878. The van der Waals surface area contributed by atoms with Crippen molar-refractivity contribution in [2.75, 3.05) is 18.4 Å². The summed E-state index contributed by atoms with van der Waals surface area (Å²) in [5.74, 6) is 3.08. The molecule has 2 fully saturated rings. The fourth-order valence-electron chi connectivity index (χ4n) is 3.25. The Bertz CT molecular complexity index is 702. The van der Waals surface area contributed by atoms with Crippen LogP contribution in [0.2, 0.25) is 0 Å². The van der Waals surface area contributed by atoms with Gasteiger partial charge in [-0.1, -0.05) is 5.16 Å². The zero-order chi connectivity index (χ0) is 16.5. The van der Waals surface area contributed by atoms with Gasteiger partial charge < -0.3 is 9.84 Å². The lowest BCUT2D eigenvalue weighted by Gasteiger charge is -2.24. The van der Waals surface area contributed by atoms with Gasteiger partial charge in [0.15, 0.2) is 0 Å². The van der Waals surface area contributed by atoms with Crippen molar-refractivity contribution in [3.05, 3.63) is 35.6 Å². The molecule has 1 saturated carbocycles. The predicted octanol–water partition coefficient (Wildman–Crippen LogP) is 2.67. The largest absolute Gasteiger partial charge is 0.368 e. The molecular formula is C17H22FN5O. The summed E-state index contributed by atoms with van der Waals surface area (Å²) in [6.45, 7) is 3.68. The summed E-state index contributed by atoms with van der Waals surface area (Å²) in [6, 6.07) is 2.01. The molecule has 2 aromatic rings. The third-order valence-corrected chi connectivity index (χ3v) is 4.84. The van der Waals surface area contributed by atoms with E-state index in [1.165, 1.54) is 12.8 Å². The smallest absolute Gasteiger partial charge is 0.138 e. The first-order chi connectivity index (χ1) is 11.7. The zero-order valence-electron chi connectivity index (χ0n) is 13.8. The van der Waals surface area contributed by atoms with Crippen molar-refractivity contribution in [1.29, 1.82) is 0 Å². The molecule has 3 heterocycles. The van der Waals surface area contributed by atoms with Gasteiger partial charge in [-0.05, 0) is 32.3 Å². The molecule has 1 aliphatic carbocycles. The molecule has 6 nitrogen and oxygen atoms in total. The van der Waals surface area contributed by atoms with E-state index in [9.17, 15) is 4.39 Å². The molecule has 2 aliphatic rings. The molecule has 0 unspecified atom stereocenters. The third-order valence-electron chi connectivity index (χ3n) is 4.84. The third kappa shape index (κ3) is 3.40. The van der Waals surface area contributed by atoms with Gasteiger partial charge in [0.05, 0.1) is 6.20 Å². The monoisotopic (exact) mass is 331 g/mol. The van der Waals surface area contributed by atoms with E-state index in [0.29, 0.717) is 32.0 Å². The number of hydrogen-bond acceptors (Lipinski definition) is 6. The fourth-order valence-corrected chi connectivity index (χ4v) is 3.25. The lowest BCUT2D eigenvalue weighted by atomic mass is 10.2. The van der Waals surface area contributed by atoms with Gasteiger partial charge in [-0.2, -0.15) is 0 Å². The van der Waals surface area contributed by atoms with Crippen molar-refractivity contribution >= 4 is 5.82 Å². The van der Waals surface area contributed by atoms with Gasteiger partial charge in [-0.15, -0.1) is 0 Å². The molecule has 0 bridgehead atoms. The minimum absolute atomic E-state index is 0.133. The SMILES string of the molecule is Cc1oncc1CN1C[C@@H](F)C[C@H]1CNc1ccnc(C2CC2)n1. The Labute approximate surface area is 140 Å². The van der Waals surface area contributed by atoms with Crippen LogP contribution in [0, 0.1) is 6.92 Å². The first-order valence-electron chi connectivity index (χ1n) is 8.54. The molecule has 0 amide bonds. The molecule has 1 N–H and O–H groups in total. The highest BCUT2D eigenvalue weighted by Gasteiger charge is 2.32. The number of aryl methyl sites for hydroxylation is 1. The maximum absolute atomic E-state index is 13.9. The number of rotatable bonds is 6. The first-order valence-corrected chi connectivity index (χ1v) is 8.54. The van der Waals surface area contributed by atoms with E-state index in [2.05, 4.69) is 25.3 Å². The van der Waals surface area contributed by atoms with Gasteiger partial charge in [-0.25, -0.2) is 14.4 Å². The van der Waals surface area contributed by atoms with Gasteiger partial charge >= 0.3 is 0 Å².